The van der Waals surface area contributed by atoms with Gasteiger partial charge in [-0.15, -0.1) is 0 Å². The SMILES string of the molecule is CN([O-])c1cccc2c1C=CCC2=O. The Morgan fingerprint density at radius 3 is 2.93 bits per heavy atom. The van der Waals surface area contributed by atoms with Crippen molar-refractivity contribution >= 4 is 17.5 Å². The molecule has 0 N–H and O–H groups in total. The summed E-state index contributed by atoms with van der Waals surface area (Å²) in [5.41, 5.74) is 1.93. The molecule has 1 aliphatic rings. The number of rotatable bonds is 1. The van der Waals surface area contributed by atoms with E-state index in [0.717, 1.165) is 10.6 Å². The van der Waals surface area contributed by atoms with Crippen LogP contribution in [0.5, 0.6) is 0 Å². The lowest BCUT2D eigenvalue weighted by Gasteiger charge is -2.28. The second-order valence-corrected chi connectivity index (χ2v) is 3.27. The van der Waals surface area contributed by atoms with Gasteiger partial charge in [-0.2, -0.15) is 0 Å². The number of hydrogen-bond donors (Lipinski definition) is 0. The van der Waals surface area contributed by atoms with Gasteiger partial charge >= 0.3 is 0 Å². The number of hydrogen-bond acceptors (Lipinski definition) is 3. The fourth-order valence-electron chi connectivity index (χ4n) is 1.64. The summed E-state index contributed by atoms with van der Waals surface area (Å²) in [4.78, 5) is 11.5. The van der Waals surface area contributed by atoms with Crippen LogP contribution in [-0.4, -0.2) is 12.8 Å². The highest BCUT2D eigenvalue weighted by atomic mass is 16.5. The molecule has 2 rings (SSSR count). The van der Waals surface area contributed by atoms with Crippen molar-refractivity contribution in [1.82, 2.24) is 0 Å². The first-order valence-corrected chi connectivity index (χ1v) is 4.44. The fourth-order valence-corrected chi connectivity index (χ4v) is 1.64. The van der Waals surface area contributed by atoms with E-state index in [1.807, 2.05) is 6.08 Å². The Kier molecular flexibility index (Phi) is 2.09. The van der Waals surface area contributed by atoms with Crippen LogP contribution in [0.25, 0.3) is 6.08 Å². The Hall–Kier alpha value is -1.61. The van der Waals surface area contributed by atoms with Crippen LogP contribution in [0.4, 0.5) is 5.69 Å². The number of carbonyl (C=O) groups is 1. The number of hydroxylamine groups is 1. The summed E-state index contributed by atoms with van der Waals surface area (Å²) in [5.74, 6) is 0.0752. The van der Waals surface area contributed by atoms with Gasteiger partial charge in [0, 0.05) is 23.2 Å². The zero-order chi connectivity index (χ0) is 10.1. The molecule has 0 saturated carbocycles. The lowest BCUT2D eigenvalue weighted by Crippen LogP contribution is -2.12. The molecule has 1 aliphatic carbocycles. The van der Waals surface area contributed by atoms with Gasteiger partial charge in [-0.1, -0.05) is 24.3 Å². The summed E-state index contributed by atoms with van der Waals surface area (Å²) in [5, 5.41) is 12.0. The van der Waals surface area contributed by atoms with Crippen molar-refractivity contribution < 1.29 is 4.79 Å². The van der Waals surface area contributed by atoms with E-state index in [4.69, 9.17) is 0 Å². The van der Waals surface area contributed by atoms with Gasteiger partial charge in [-0.3, -0.25) is 4.79 Å². The highest BCUT2D eigenvalue weighted by molar-refractivity contribution is 6.04. The molecule has 0 unspecified atom stereocenters. The topological polar surface area (TPSA) is 43.4 Å². The van der Waals surface area contributed by atoms with Crippen molar-refractivity contribution in [3.8, 4) is 0 Å². The Morgan fingerprint density at radius 1 is 1.43 bits per heavy atom. The van der Waals surface area contributed by atoms with Crippen molar-refractivity contribution in [2.75, 3.05) is 12.1 Å². The minimum absolute atomic E-state index is 0.0752. The maximum Gasteiger partial charge on any atom is 0.167 e. The van der Waals surface area contributed by atoms with E-state index in [1.165, 1.54) is 7.05 Å². The third-order valence-electron chi connectivity index (χ3n) is 2.31. The molecule has 0 saturated heterocycles. The smallest absolute Gasteiger partial charge is 0.167 e. The van der Waals surface area contributed by atoms with Gasteiger partial charge in [-0.25, -0.2) is 0 Å². The number of carbonyl (C=O) groups excluding carboxylic acids is 1. The van der Waals surface area contributed by atoms with Crippen LogP contribution in [0.2, 0.25) is 0 Å². The molecule has 0 atom stereocenters. The Bertz CT molecular complexity index is 408. The molecule has 0 bridgehead atoms. The number of ketones is 1. The van der Waals surface area contributed by atoms with Gasteiger partial charge in [0.1, 0.15) is 0 Å². The quantitative estimate of drug-likeness (QED) is 0.634. The number of anilines is 1. The third-order valence-corrected chi connectivity index (χ3v) is 2.31. The van der Waals surface area contributed by atoms with Crippen LogP contribution in [0, 0.1) is 5.21 Å². The molecular weight excluding hydrogens is 178 g/mol. The van der Waals surface area contributed by atoms with Crippen molar-refractivity contribution in [1.29, 1.82) is 0 Å². The number of nitrogens with zero attached hydrogens (tertiary/aromatic N) is 1. The van der Waals surface area contributed by atoms with Crippen molar-refractivity contribution in [3.05, 3.63) is 40.6 Å². The van der Waals surface area contributed by atoms with Crippen molar-refractivity contribution in [2.24, 2.45) is 0 Å². The van der Waals surface area contributed by atoms with Crippen molar-refractivity contribution in [2.45, 2.75) is 6.42 Å². The van der Waals surface area contributed by atoms with E-state index in [0.29, 0.717) is 17.7 Å². The minimum Gasteiger partial charge on any atom is -0.758 e. The maximum atomic E-state index is 11.5. The van der Waals surface area contributed by atoms with Crippen LogP contribution in [0.3, 0.4) is 0 Å². The average molecular weight is 188 g/mol. The lowest BCUT2D eigenvalue weighted by atomic mass is 9.95. The maximum absolute atomic E-state index is 11.5. The molecule has 0 aromatic heterocycles. The highest BCUT2D eigenvalue weighted by Crippen LogP contribution is 2.28. The first-order valence-electron chi connectivity index (χ1n) is 4.44. The number of Topliss-reactive ketones (excluding diaryl/α,β-unsaturated/α-hetero) is 1. The van der Waals surface area contributed by atoms with Gasteiger partial charge in [0.2, 0.25) is 0 Å². The summed E-state index contributed by atoms with van der Waals surface area (Å²) < 4.78 is 0. The van der Waals surface area contributed by atoms with E-state index in [2.05, 4.69) is 0 Å². The Balaban J connectivity index is 2.63. The van der Waals surface area contributed by atoms with Crippen LogP contribution in [0.1, 0.15) is 22.3 Å². The third kappa shape index (κ3) is 1.32. The first kappa shape index (κ1) is 8.97. The summed E-state index contributed by atoms with van der Waals surface area (Å²) in [6.07, 6.45) is 4.05. The average Bonchev–Trinajstić information content (AvgIpc) is 2.17. The minimum atomic E-state index is 0.0752. The van der Waals surface area contributed by atoms with Gasteiger partial charge in [-0.05, 0) is 13.1 Å². The summed E-state index contributed by atoms with van der Waals surface area (Å²) >= 11 is 0. The molecule has 1 aromatic rings. The molecule has 14 heavy (non-hydrogen) atoms. The predicted octanol–water partition coefficient (Wildman–Crippen LogP) is 2.22. The van der Waals surface area contributed by atoms with E-state index in [-0.39, 0.29) is 5.78 Å². The molecule has 0 fully saturated rings. The van der Waals surface area contributed by atoms with E-state index in [9.17, 15) is 10.0 Å². The molecule has 0 amide bonds. The second kappa shape index (κ2) is 3.27. The Labute approximate surface area is 82.2 Å². The summed E-state index contributed by atoms with van der Waals surface area (Å²) in [6, 6.07) is 5.21. The van der Waals surface area contributed by atoms with Gasteiger partial charge in [0.15, 0.2) is 5.78 Å². The molecular formula is C11H10NO2-. The lowest BCUT2D eigenvalue weighted by molar-refractivity contribution is 0.0994. The Morgan fingerprint density at radius 2 is 2.21 bits per heavy atom. The molecule has 0 spiro atoms. The van der Waals surface area contributed by atoms with E-state index in [1.54, 1.807) is 24.3 Å². The summed E-state index contributed by atoms with van der Waals surface area (Å²) in [6.45, 7) is 0. The summed E-state index contributed by atoms with van der Waals surface area (Å²) in [7, 11) is 1.43. The molecule has 0 radical (unpaired) electrons. The molecule has 3 heteroatoms. The molecule has 0 heterocycles. The van der Waals surface area contributed by atoms with Crippen molar-refractivity contribution in [3.63, 3.8) is 0 Å². The normalized spacial score (nSPS) is 14.0. The molecule has 3 nitrogen and oxygen atoms in total. The van der Waals surface area contributed by atoms with Crippen LogP contribution in [-0.2, 0) is 0 Å². The number of fused-ring (bicyclic) bond motifs is 1. The predicted molar refractivity (Wildman–Crippen MR) is 56.2 cm³/mol. The number of allylic oxidation sites excluding steroid dienone is 1. The van der Waals surface area contributed by atoms with E-state index < -0.39 is 0 Å². The van der Waals surface area contributed by atoms with Gasteiger partial charge in [0.05, 0.1) is 0 Å². The molecule has 0 aliphatic heterocycles. The van der Waals surface area contributed by atoms with Crippen LogP contribution < -0.4 is 5.06 Å². The second-order valence-electron chi connectivity index (χ2n) is 3.27. The van der Waals surface area contributed by atoms with Gasteiger partial charge < -0.3 is 10.3 Å². The van der Waals surface area contributed by atoms with E-state index >= 15 is 0 Å². The fraction of sp³-hybridized carbons (Fsp3) is 0.182. The zero-order valence-corrected chi connectivity index (χ0v) is 7.86. The highest BCUT2D eigenvalue weighted by Gasteiger charge is 2.15. The van der Waals surface area contributed by atoms with Crippen LogP contribution in [0.15, 0.2) is 24.3 Å². The monoisotopic (exact) mass is 188 g/mol. The molecule has 1 aromatic carbocycles. The largest absolute Gasteiger partial charge is 0.758 e. The van der Waals surface area contributed by atoms with Gasteiger partial charge in [0.25, 0.3) is 0 Å². The van der Waals surface area contributed by atoms with Crippen LogP contribution >= 0.6 is 0 Å². The number of benzene rings is 1. The molecule has 72 valence electrons. The standard InChI is InChI=1S/C11H10NO2/c1-12(14)10-6-2-5-9-8(10)4-3-7-11(9)13/h2-6H,7H2,1H3/q-1. The first-order chi connectivity index (χ1) is 6.70. The zero-order valence-electron chi connectivity index (χ0n) is 7.86.